The lowest BCUT2D eigenvalue weighted by Crippen LogP contribution is -2.54. The number of aryl methyl sites for hydroxylation is 2. The lowest BCUT2D eigenvalue weighted by Gasteiger charge is -2.34. The molecule has 202 valence electrons. The molecule has 1 atom stereocenters. The molecule has 0 heterocycles. The summed E-state index contributed by atoms with van der Waals surface area (Å²) >= 11 is 0. The number of benzene rings is 3. The number of carbonyl (C=O) groups excluding carboxylic acids is 2. The minimum Gasteiger partial charge on any atom is -0.352 e. The highest BCUT2D eigenvalue weighted by molar-refractivity contribution is 7.92. The van der Waals surface area contributed by atoms with E-state index >= 15 is 0 Å². The molecule has 38 heavy (non-hydrogen) atoms. The largest absolute Gasteiger partial charge is 0.352 e. The van der Waals surface area contributed by atoms with Gasteiger partial charge in [-0.3, -0.25) is 13.9 Å². The molecule has 0 saturated heterocycles. The van der Waals surface area contributed by atoms with E-state index in [2.05, 4.69) is 5.32 Å². The quantitative estimate of drug-likeness (QED) is 0.398. The Hall–Kier alpha value is -3.65. The van der Waals surface area contributed by atoms with E-state index in [1.54, 1.807) is 25.1 Å². The zero-order chi connectivity index (χ0) is 27.9. The van der Waals surface area contributed by atoms with Crippen molar-refractivity contribution >= 4 is 27.5 Å². The minimum absolute atomic E-state index is 0.129. The van der Waals surface area contributed by atoms with Crippen molar-refractivity contribution in [1.82, 2.24) is 10.2 Å². The van der Waals surface area contributed by atoms with E-state index in [1.165, 1.54) is 4.90 Å². The van der Waals surface area contributed by atoms with Crippen molar-refractivity contribution in [3.8, 4) is 0 Å². The van der Waals surface area contributed by atoms with Crippen LogP contribution in [0.4, 0.5) is 5.69 Å². The summed E-state index contributed by atoms with van der Waals surface area (Å²) in [5.41, 5.74) is 3.95. The number of carbonyl (C=O) groups is 2. The number of rotatable bonds is 11. The van der Waals surface area contributed by atoms with Crippen LogP contribution in [0.1, 0.15) is 36.1 Å². The van der Waals surface area contributed by atoms with Crippen molar-refractivity contribution in [2.75, 3.05) is 17.1 Å². The standard InChI is InChI=1S/C30H37N3O4S/c1-22(2)31-30(35)28(19-25-14-7-6-8-15-25)32(20-26-16-11-12-23(3)18-26)29(34)21-33(38(5,36)37)27-17-10-9-13-24(27)4/h6-18,22,28H,19-21H2,1-5H3,(H,31,35). The van der Waals surface area contributed by atoms with Crippen molar-refractivity contribution in [2.45, 2.75) is 52.7 Å². The average molecular weight is 536 g/mol. The van der Waals surface area contributed by atoms with E-state index in [1.807, 2.05) is 81.4 Å². The first-order chi connectivity index (χ1) is 18.0. The number of sulfonamides is 1. The molecule has 0 aliphatic carbocycles. The van der Waals surface area contributed by atoms with Crippen molar-refractivity contribution in [3.05, 3.63) is 101 Å². The first-order valence-corrected chi connectivity index (χ1v) is 14.5. The van der Waals surface area contributed by atoms with Gasteiger partial charge in [0, 0.05) is 19.0 Å². The molecule has 1 unspecified atom stereocenters. The van der Waals surface area contributed by atoms with Crippen LogP contribution in [0, 0.1) is 13.8 Å². The fraction of sp³-hybridized carbons (Fsp3) is 0.333. The van der Waals surface area contributed by atoms with Crippen LogP contribution in [-0.2, 0) is 32.6 Å². The SMILES string of the molecule is Cc1cccc(CN(C(=O)CN(c2ccccc2C)S(C)(=O)=O)C(Cc2ccccc2)C(=O)NC(C)C)c1. The maximum Gasteiger partial charge on any atom is 0.244 e. The molecule has 2 amide bonds. The van der Waals surface area contributed by atoms with Crippen molar-refractivity contribution < 1.29 is 18.0 Å². The van der Waals surface area contributed by atoms with Gasteiger partial charge in [0.05, 0.1) is 11.9 Å². The van der Waals surface area contributed by atoms with Crippen LogP contribution in [0.5, 0.6) is 0 Å². The van der Waals surface area contributed by atoms with E-state index in [-0.39, 0.29) is 18.5 Å². The molecule has 8 heteroatoms. The minimum atomic E-state index is -3.79. The summed E-state index contributed by atoms with van der Waals surface area (Å²) in [5, 5.41) is 2.96. The Morgan fingerprint density at radius 2 is 1.50 bits per heavy atom. The van der Waals surface area contributed by atoms with E-state index in [9.17, 15) is 18.0 Å². The van der Waals surface area contributed by atoms with Crippen LogP contribution >= 0.6 is 0 Å². The number of anilines is 1. The Bertz CT molecular complexity index is 1360. The second kappa shape index (κ2) is 12.7. The van der Waals surface area contributed by atoms with E-state index in [0.29, 0.717) is 12.1 Å². The maximum absolute atomic E-state index is 14.0. The Balaban J connectivity index is 2.07. The molecule has 0 aliphatic rings. The van der Waals surface area contributed by atoms with E-state index in [4.69, 9.17) is 0 Å². The fourth-order valence-corrected chi connectivity index (χ4v) is 5.29. The van der Waals surface area contributed by atoms with Crippen LogP contribution in [0.15, 0.2) is 78.9 Å². The van der Waals surface area contributed by atoms with Gasteiger partial charge in [-0.05, 0) is 50.5 Å². The molecule has 0 saturated carbocycles. The van der Waals surface area contributed by atoms with Gasteiger partial charge in [-0.2, -0.15) is 0 Å². The topological polar surface area (TPSA) is 86.8 Å². The van der Waals surface area contributed by atoms with Gasteiger partial charge in [-0.1, -0.05) is 78.4 Å². The Morgan fingerprint density at radius 1 is 0.868 bits per heavy atom. The molecule has 0 aromatic heterocycles. The van der Waals surface area contributed by atoms with Gasteiger partial charge in [-0.15, -0.1) is 0 Å². The molecule has 3 aromatic carbocycles. The summed E-state index contributed by atoms with van der Waals surface area (Å²) < 4.78 is 26.8. The second-order valence-electron chi connectivity index (χ2n) is 9.94. The average Bonchev–Trinajstić information content (AvgIpc) is 2.84. The highest BCUT2D eigenvalue weighted by Gasteiger charge is 2.33. The zero-order valence-electron chi connectivity index (χ0n) is 22.7. The highest BCUT2D eigenvalue weighted by atomic mass is 32.2. The van der Waals surface area contributed by atoms with Gasteiger partial charge in [0.25, 0.3) is 0 Å². The van der Waals surface area contributed by atoms with Crippen molar-refractivity contribution in [1.29, 1.82) is 0 Å². The second-order valence-corrected chi connectivity index (χ2v) is 11.8. The van der Waals surface area contributed by atoms with Crippen LogP contribution in [-0.4, -0.2) is 50.0 Å². The molecular weight excluding hydrogens is 498 g/mol. The van der Waals surface area contributed by atoms with Gasteiger partial charge < -0.3 is 10.2 Å². The number of nitrogens with zero attached hydrogens (tertiary/aromatic N) is 2. The molecule has 0 bridgehead atoms. The summed E-state index contributed by atoms with van der Waals surface area (Å²) in [7, 11) is -3.79. The number of hydrogen-bond acceptors (Lipinski definition) is 4. The molecule has 1 N–H and O–H groups in total. The van der Waals surface area contributed by atoms with Crippen molar-refractivity contribution in [3.63, 3.8) is 0 Å². The number of hydrogen-bond donors (Lipinski definition) is 1. The number of para-hydroxylation sites is 1. The third kappa shape index (κ3) is 7.92. The van der Waals surface area contributed by atoms with Gasteiger partial charge in [-0.25, -0.2) is 8.42 Å². The van der Waals surface area contributed by atoms with Crippen LogP contribution < -0.4 is 9.62 Å². The number of nitrogens with one attached hydrogen (secondary N) is 1. The van der Waals surface area contributed by atoms with Gasteiger partial charge >= 0.3 is 0 Å². The number of amides is 2. The molecule has 0 radical (unpaired) electrons. The van der Waals surface area contributed by atoms with Crippen LogP contribution in [0.25, 0.3) is 0 Å². The molecule has 7 nitrogen and oxygen atoms in total. The fourth-order valence-electron chi connectivity index (χ4n) is 4.38. The monoisotopic (exact) mass is 535 g/mol. The summed E-state index contributed by atoms with van der Waals surface area (Å²) in [6, 6.07) is 23.3. The summed E-state index contributed by atoms with van der Waals surface area (Å²) in [4.78, 5) is 29.1. The molecular formula is C30H37N3O4S. The summed E-state index contributed by atoms with van der Waals surface area (Å²) in [6.45, 7) is 7.25. The predicted molar refractivity (Wildman–Crippen MR) is 152 cm³/mol. The third-order valence-electron chi connectivity index (χ3n) is 6.20. The van der Waals surface area contributed by atoms with Gasteiger partial charge in [0.1, 0.15) is 12.6 Å². The molecule has 0 fully saturated rings. The first-order valence-electron chi connectivity index (χ1n) is 12.7. The van der Waals surface area contributed by atoms with E-state index < -0.39 is 28.5 Å². The summed E-state index contributed by atoms with van der Waals surface area (Å²) in [5.74, 6) is -0.744. The predicted octanol–water partition coefficient (Wildman–Crippen LogP) is 4.23. The normalized spacial score (nSPS) is 12.2. The lowest BCUT2D eigenvalue weighted by molar-refractivity contribution is -0.140. The smallest absolute Gasteiger partial charge is 0.244 e. The zero-order valence-corrected chi connectivity index (χ0v) is 23.5. The molecule has 3 rings (SSSR count). The van der Waals surface area contributed by atoms with Gasteiger partial charge in [0.15, 0.2) is 0 Å². The lowest BCUT2D eigenvalue weighted by atomic mass is 10.0. The first kappa shape index (κ1) is 28.9. The van der Waals surface area contributed by atoms with E-state index in [0.717, 1.165) is 32.8 Å². The summed E-state index contributed by atoms with van der Waals surface area (Å²) in [6.07, 6.45) is 1.38. The Morgan fingerprint density at radius 3 is 2.11 bits per heavy atom. The Labute approximate surface area is 226 Å². The Kier molecular flexibility index (Phi) is 9.69. The molecule has 3 aromatic rings. The molecule has 0 aliphatic heterocycles. The highest BCUT2D eigenvalue weighted by Crippen LogP contribution is 2.23. The third-order valence-corrected chi connectivity index (χ3v) is 7.33. The van der Waals surface area contributed by atoms with Crippen LogP contribution in [0.2, 0.25) is 0 Å². The van der Waals surface area contributed by atoms with Crippen LogP contribution in [0.3, 0.4) is 0 Å². The maximum atomic E-state index is 14.0. The van der Waals surface area contributed by atoms with Gasteiger partial charge in [0.2, 0.25) is 21.8 Å². The van der Waals surface area contributed by atoms with Crippen molar-refractivity contribution in [2.24, 2.45) is 0 Å². The molecule has 0 spiro atoms.